The summed E-state index contributed by atoms with van der Waals surface area (Å²) in [5, 5.41) is 0.506. The topological polar surface area (TPSA) is 49.9 Å². The standard InChI is InChI=1S/C17H12ClNO2S2/c1-10-5-6-13(22-10)8-15-17(21)19-16(23-15)9-14(20)11-3-2-4-12(18)7-11/h2-9H,1H3,(H,19,21)/b15-8-,16-9-. The first-order valence-electron chi connectivity index (χ1n) is 6.80. The van der Waals surface area contributed by atoms with Crippen LogP contribution in [0.5, 0.6) is 0 Å². The van der Waals surface area contributed by atoms with Gasteiger partial charge in [-0.1, -0.05) is 23.7 Å². The first-order chi connectivity index (χ1) is 11.0. The lowest BCUT2D eigenvalue weighted by Gasteiger charge is -1.94. The van der Waals surface area contributed by atoms with Crippen molar-refractivity contribution < 1.29 is 4.79 Å². The zero-order valence-electron chi connectivity index (χ0n) is 12.1. The van der Waals surface area contributed by atoms with Gasteiger partial charge in [-0.3, -0.25) is 9.59 Å². The van der Waals surface area contributed by atoms with Crippen LogP contribution in [0.15, 0.2) is 41.2 Å². The zero-order valence-corrected chi connectivity index (χ0v) is 14.5. The molecule has 0 radical (unpaired) electrons. The summed E-state index contributed by atoms with van der Waals surface area (Å²) in [6, 6.07) is 10.7. The number of nitrogens with one attached hydrogen (secondary N) is 1. The smallest absolute Gasteiger partial charge is 0.266 e. The highest BCUT2D eigenvalue weighted by Gasteiger charge is 2.04. The summed E-state index contributed by atoms with van der Waals surface area (Å²) in [4.78, 5) is 29.1. The monoisotopic (exact) mass is 361 g/mol. The zero-order chi connectivity index (χ0) is 16.4. The molecule has 3 aromatic rings. The van der Waals surface area contributed by atoms with Gasteiger partial charge >= 0.3 is 0 Å². The Morgan fingerprint density at radius 1 is 1.22 bits per heavy atom. The van der Waals surface area contributed by atoms with Gasteiger partial charge < -0.3 is 4.98 Å². The maximum absolute atomic E-state index is 12.2. The van der Waals surface area contributed by atoms with E-state index >= 15 is 0 Å². The van der Waals surface area contributed by atoms with E-state index in [9.17, 15) is 9.59 Å². The number of ketones is 1. The summed E-state index contributed by atoms with van der Waals surface area (Å²) in [7, 11) is 0. The van der Waals surface area contributed by atoms with Crippen LogP contribution in [0.3, 0.4) is 0 Å². The number of benzene rings is 1. The number of aromatic amines is 1. The lowest BCUT2D eigenvalue weighted by Crippen LogP contribution is -2.19. The largest absolute Gasteiger partial charge is 0.313 e. The van der Waals surface area contributed by atoms with Crippen molar-refractivity contribution in [3.05, 3.63) is 76.3 Å². The molecular formula is C17H12ClNO2S2. The van der Waals surface area contributed by atoms with Gasteiger partial charge in [-0.15, -0.1) is 22.7 Å². The summed E-state index contributed by atoms with van der Waals surface area (Å²) in [6.07, 6.45) is 3.26. The summed E-state index contributed by atoms with van der Waals surface area (Å²) >= 11 is 8.77. The molecule has 0 saturated carbocycles. The number of carbonyl (C=O) groups is 1. The number of aromatic nitrogens is 1. The Morgan fingerprint density at radius 2 is 2.04 bits per heavy atom. The van der Waals surface area contributed by atoms with Crippen LogP contribution in [0.4, 0.5) is 0 Å². The van der Waals surface area contributed by atoms with E-state index in [1.807, 2.05) is 25.1 Å². The van der Waals surface area contributed by atoms with Crippen LogP contribution in [-0.2, 0) is 0 Å². The molecule has 0 saturated heterocycles. The minimum absolute atomic E-state index is 0.189. The molecule has 0 bridgehead atoms. The average Bonchev–Trinajstić information content (AvgIpc) is 3.05. The van der Waals surface area contributed by atoms with Gasteiger partial charge in [-0.2, -0.15) is 0 Å². The fraction of sp³-hybridized carbons (Fsp3) is 0.0588. The minimum atomic E-state index is -0.191. The Bertz CT molecular complexity index is 1040. The van der Waals surface area contributed by atoms with Crippen molar-refractivity contribution in [2.45, 2.75) is 6.92 Å². The van der Waals surface area contributed by atoms with Gasteiger partial charge in [0.05, 0.1) is 9.20 Å². The van der Waals surface area contributed by atoms with E-state index in [0.717, 1.165) is 4.88 Å². The van der Waals surface area contributed by atoms with Crippen molar-refractivity contribution in [2.24, 2.45) is 0 Å². The van der Waals surface area contributed by atoms with Crippen LogP contribution in [0, 0.1) is 6.92 Å². The predicted octanol–water partition coefficient (Wildman–Crippen LogP) is 2.95. The van der Waals surface area contributed by atoms with Crippen LogP contribution in [0.2, 0.25) is 5.02 Å². The molecule has 0 aliphatic heterocycles. The van der Waals surface area contributed by atoms with Crippen LogP contribution in [0.25, 0.3) is 12.2 Å². The Hall–Kier alpha value is -1.95. The van der Waals surface area contributed by atoms with Crippen LogP contribution in [-0.4, -0.2) is 10.8 Å². The van der Waals surface area contributed by atoms with Gasteiger partial charge in [0.15, 0.2) is 5.78 Å². The number of carbonyl (C=O) groups excluding carboxylic acids is 1. The summed E-state index contributed by atoms with van der Waals surface area (Å²) in [5.74, 6) is -0.191. The Labute approximate surface area is 145 Å². The first-order valence-corrected chi connectivity index (χ1v) is 8.81. The molecule has 0 fully saturated rings. The number of thiophene rings is 1. The molecule has 1 aromatic carbocycles. The molecule has 2 heterocycles. The van der Waals surface area contributed by atoms with Crippen molar-refractivity contribution >= 4 is 52.2 Å². The van der Waals surface area contributed by atoms with E-state index in [-0.39, 0.29) is 11.3 Å². The van der Waals surface area contributed by atoms with Crippen LogP contribution >= 0.6 is 34.3 Å². The van der Waals surface area contributed by atoms with Gasteiger partial charge in [0.1, 0.15) is 0 Å². The van der Waals surface area contributed by atoms with Gasteiger partial charge in [-0.05, 0) is 37.3 Å². The van der Waals surface area contributed by atoms with E-state index in [1.165, 1.54) is 22.3 Å². The minimum Gasteiger partial charge on any atom is -0.313 e. The molecule has 23 heavy (non-hydrogen) atoms. The maximum atomic E-state index is 12.2. The molecule has 2 aromatic heterocycles. The molecule has 0 aliphatic rings. The third-order valence-electron chi connectivity index (χ3n) is 3.09. The van der Waals surface area contributed by atoms with E-state index in [4.69, 9.17) is 11.6 Å². The summed E-state index contributed by atoms with van der Waals surface area (Å²) in [5.41, 5.74) is 0.303. The van der Waals surface area contributed by atoms with Crippen molar-refractivity contribution in [1.29, 1.82) is 0 Å². The number of halogens is 1. The number of hydrogen-bond donors (Lipinski definition) is 1. The van der Waals surface area contributed by atoms with Crippen molar-refractivity contribution in [2.75, 3.05) is 0 Å². The first kappa shape index (κ1) is 15.9. The van der Waals surface area contributed by atoms with Gasteiger partial charge in [0.25, 0.3) is 5.56 Å². The third-order valence-corrected chi connectivity index (χ3v) is 5.23. The third kappa shape index (κ3) is 3.88. The van der Waals surface area contributed by atoms with Crippen molar-refractivity contribution in [1.82, 2.24) is 4.98 Å². The average molecular weight is 362 g/mol. The SMILES string of the molecule is Cc1ccc(/C=c2\s/c(=C\C(=O)c3cccc(Cl)c3)[nH]c2=O)s1. The molecular weight excluding hydrogens is 350 g/mol. The van der Waals surface area contributed by atoms with Gasteiger partial charge in [0.2, 0.25) is 0 Å². The predicted molar refractivity (Wildman–Crippen MR) is 97.1 cm³/mol. The highest BCUT2D eigenvalue weighted by Crippen LogP contribution is 2.15. The second-order valence-electron chi connectivity index (χ2n) is 4.90. The van der Waals surface area contributed by atoms with E-state index in [0.29, 0.717) is 19.8 Å². The molecule has 0 unspecified atom stereocenters. The van der Waals surface area contributed by atoms with Crippen molar-refractivity contribution in [3.8, 4) is 0 Å². The Balaban J connectivity index is 1.99. The highest BCUT2D eigenvalue weighted by atomic mass is 35.5. The molecule has 0 aliphatic carbocycles. The fourth-order valence-electron chi connectivity index (χ4n) is 2.03. The molecule has 0 atom stereocenters. The fourth-order valence-corrected chi connectivity index (χ4v) is 3.99. The number of Topliss-reactive ketones (excluding diaryl/α,β-unsaturated/α-hetero) is 1. The lowest BCUT2D eigenvalue weighted by atomic mass is 10.1. The number of hydrogen-bond acceptors (Lipinski definition) is 4. The second-order valence-corrected chi connectivity index (χ2v) is 7.74. The number of rotatable bonds is 3. The molecule has 6 heteroatoms. The van der Waals surface area contributed by atoms with Gasteiger partial charge in [0, 0.05) is 26.4 Å². The summed E-state index contributed by atoms with van der Waals surface area (Å²) < 4.78 is 1.11. The Morgan fingerprint density at radius 3 is 2.74 bits per heavy atom. The number of thiazole rings is 1. The quantitative estimate of drug-likeness (QED) is 0.729. The molecule has 0 spiro atoms. The van der Waals surface area contributed by atoms with Gasteiger partial charge in [-0.25, -0.2) is 0 Å². The van der Waals surface area contributed by atoms with E-state index in [1.54, 1.807) is 35.6 Å². The van der Waals surface area contributed by atoms with Crippen LogP contribution in [0.1, 0.15) is 20.1 Å². The number of aryl methyl sites for hydroxylation is 1. The highest BCUT2D eigenvalue weighted by molar-refractivity contribution is 7.13. The Kier molecular flexibility index (Phi) is 4.61. The second kappa shape index (κ2) is 6.66. The molecule has 1 N–H and O–H groups in total. The number of H-pyrrole nitrogens is 1. The van der Waals surface area contributed by atoms with Crippen LogP contribution < -0.4 is 14.8 Å². The molecule has 3 rings (SSSR count). The van der Waals surface area contributed by atoms with E-state index < -0.39 is 0 Å². The maximum Gasteiger partial charge on any atom is 0.266 e. The molecule has 0 amide bonds. The molecule has 116 valence electrons. The van der Waals surface area contributed by atoms with Crippen molar-refractivity contribution in [3.63, 3.8) is 0 Å². The molecule has 3 nitrogen and oxygen atoms in total. The lowest BCUT2D eigenvalue weighted by molar-refractivity contribution is 0.106. The van der Waals surface area contributed by atoms with E-state index in [2.05, 4.69) is 4.98 Å². The normalized spacial score (nSPS) is 12.8. The summed E-state index contributed by atoms with van der Waals surface area (Å²) in [6.45, 7) is 2.02.